The zero-order chi connectivity index (χ0) is 24.2. The number of nitrogens with one attached hydrogen (secondary N) is 1. The van der Waals surface area contributed by atoms with Crippen LogP contribution in [0.4, 0.5) is 0 Å². The highest BCUT2D eigenvalue weighted by Crippen LogP contribution is 2.27. The highest BCUT2D eigenvalue weighted by Gasteiger charge is 2.20. The van der Waals surface area contributed by atoms with Gasteiger partial charge in [-0.15, -0.1) is 0 Å². The van der Waals surface area contributed by atoms with Gasteiger partial charge in [-0.1, -0.05) is 35.9 Å². The van der Waals surface area contributed by atoms with E-state index in [0.29, 0.717) is 24.5 Å². The molecular formula is C27H28ClN3O3. The smallest absolute Gasteiger partial charge is 0.255 e. The molecule has 0 aliphatic heterocycles. The molecule has 1 heterocycles. The molecule has 4 rings (SSSR count). The molecule has 0 radical (unpaired) electrons. The number of halogens is 1. The van der Waals surface area contributed by atoms with E-state index in [9.17, 15) is 4.79 Å². The summed E-state index contributed by atoms with van der Waals surface area (Å²) in [4.78, 5) is 17.8. The molecule has 6 nitrogen and oxygen atoms in total. The van der Waals surface area contributed by atoms with Gasteiger partial charge >= 0.3 is 0 Å². The maximum absolute atomic E-state index is 13.0. The third-order valence-electron chi connectivity index (χ3n) is 5.76. The van der Waals surface area contributed by atoms with Crippen molar-refractivity contribution in [3.8, 4) is 11.5 Å². The fourth-order valence-electron chi connectivity index (χ4n) is 4.08. The zero-order valence-corrected chi connectivity index (χ0v) is 20.5. The molecule has 1 unspecified atom stereocenters. The van der Waals surface area contributed by atoms with Crippen LogP contribution in [0.15, 0.2) is 60.7 Å². The average Bonchev–Trinajstić information content (AvgIpc) is 3.21. The van der Waals surface area contributed by atoms with Crippen molar-refractivity contribution >= 4 is 28.5 Å². The number of carbonyl (C=O) groups is 1. The monoisotopic (exact) mass is 477 g/mol. The van der Waals surface area contributed by atoms with Crippen molar-refractivity contribution in [2.45, 2.75) is 33.4 Å². The average molecular weight is 478 g/mol. The van der Waals surface area contributed by atoms with Gasteiger partial charge in [0.2, 0.25) is 0 Å². The molecule has 0 saturated carbocycles. The van der Waals surface area contributed by atoms with Crippen LogP contribution in [0.1, 0.15) is 40.3 Å². The molecule has 176 valence electrons. The molecule has 1 N–H and O–H groups in total. The topological polar surface area (TPSA) is 65.4 Å². The second-order valence-corrected chi connectivity index (χ2v) is 8.60. The largest absolute Gasteiger partial charge is 0.496 e. The summed E-state index contributed by atoms with van der Waals surface area (Å²) in [5.41, 5.74) is 4.31. The van der Waals surface area contributed by atoms with Crippen LogP contribution < -0.4 is 14.8 Å². The third kappa shape index (κ3) is 4.87. The Balaban J connectivity index is 1.55. The number of fused-ring (bicyclic) bond motifs is 1. The van der Waals surface area contributed by atoms with E-state index in [1.807, 2.05) is 69.3 Å². The highest BCUT2D eigenvalue weighted by atomic mass is 35.5. The van der Waals surface area contributed by atoms with Crippen molar-refractivity contribution in [2.24, 2.45) is 0 Å². The summed E-state index contributed by atoms with van der Waals surface area (Å²) < 4.78 is 13.5. The number of imidazole rings is 1. The number of aromatic nitrogens is 2. The van der Waals surface area contributed by atoms with Crippen LogP contribution in [0.25, 0.3) is 11.0 Å². The van der Waals surface area contributed by atoms with E-state index in [0.717, 1.165) is 38.8 Å². The van der Waals surface area contributed by atoms with Crippen LogP contribution in [0.3, 0.4) is 0 Å². The first-order valence-electron chi connectivity index (χ1n) is 11.2. The summed E-state index contributed by atoms with van der Waals surface area (Å²) in [6, 6.07) is 18.7. The Bertz CT molecular complexity index is 1310. The van der Waals surface area contributed by atoms with E-state index in [1.54, 1.807) is 19.2 Å². The second kappa shape index (κ2) is 10.2. The van der Waals surface area contributed by atoms with E-state index in [1.165, 1.54) is 0 Å². The maximum atomic E-state index is 13.0. The van der Waals surface area contributed by atoms with Crippen molar-refractivity contribution in [1.82, 2.24) is 14.9 Å². The van der Waals surface area contributed by atoms with Gasteiger partial charge in [0.15, 0.2) is 0 Å². The van der Waals surface area contributed by atoms with Crippen LogP contribution in [0.2, 0.25) is 5.02 Å². The lowest BCUT2D eigenvalue weighted by Gasteiger charge is -2.18. The highest BCUT2D eigenvalue weighted by molar-refractivity contribution is 6.32. The van der Waals surface area contributed by atoms with Crippen LogP contribution in [0, 0.1) is 13.8 Å². The fraction of sp³-hybridized carbons (Fsp3) is 0.259. The van der Waals surface area contributed by atoms with E-state index >= 15 is 0 Å². The van der Waals surface area contributed by atoms with Gasteiger partial charge in [-0.05, 0) is 68.3 Å². The first kappa shape index (κ1) is 23.6. The van der Waals surface area contributed by atoms with Gasteiger partial charge in [0.1, 0.15) is 23.9 Å². The SMILES string of the molecule is COc1ccccc1C(=O)NC(C)c1nc2ccccc2n1CCOc1cc(C)c(Cl)c(C)c1. The Morgan fingerprint density at radius 2 is 1.76 bits per heavy atom. The van der Waals surface area contributed by atoms with Gasteiger partial charge in [0, 0.05) is 5.02 Å². The molecule has 0 spiro atoms. The number of rotatable bonds is 8. The van der Waals surface area contributed by atoms with E-state index in [-0.39, 0.29) is 11.9 Å². The van der Waals surface area contributed by atoms with Gasteiger partial charge in [-0.2, -0.15) is 0 Å². The first-order valence-corrected chi connectivity index (χ1v) is 11.6. The van der Waals surface area contributed by atoms with Crippen molar-refractivity contribution in [2.75, 3.05) is 13.7 Å². The van der Waals surface area contributed by atoms with E-state index in [2.05, 4.69) is 9.88 Å². The number of hydrogen-bond donors (Lipinski definition) is 1. The molecule has 1 atom stereocenters. The Morgan fingerprint density at radius 1 is 1.09 bits per heavy atom. The number of hydrogen-bond acceptors (Lipinski definition) is 4. The lowest BCUT2D eigenvalue weighted by molar-refractivity contribution is 0.0934. The number of ether oxygens (including phenoxy) is 2. The van der Waals surface area contributed by atoms with Crippen LogP contribution in [-0.4, -0.2) is 29.2 Å². The Hall–Kier alpha value is -3.51. The summed E-state index contributed by atoms with van der Waals surface area (Å²) in [6.45, 7) is 6.88. The second-order valence-electron chi connectivity index (χ2n) is 8.23. The van der Waals surface area contributed by atoms with Crippen LogP contribution in [-0.2, 0) is 6.54 Å². The van der Waals surface area contributed by atoms with Crippen molar-refractivity contribution in [3.05, 3.63) is 88.2 Å². The molecule has 0 aliphatic carbocycles. The molecule has 0 saturated heterocycles. The molecule has 3 aromatic carbocycles. The lowest BCUT2D eigenvalue weighted by Crippen LogP contribution is -2.29. The fourth-order valence-corrected chi connectivity index (χ4v) is 4.18. The Morgan fingerprint density at radius 3 is 2.50 bits per heavy atom. The number of methoxy groups -OCH3 is 1. The van der Waals surface area contributed by atoms with Gasteiger partial charge in [0.25, 0.3) is 5.91 Å². The third-order valence-corrected chi connectivity index (χ3v) is 6.36. The predicted molar refractivity (Wildman–Crippen MR) is 135 cm³/mol. The Kier molecular flexibility index (Phi) is 7.08. The quantitative estimate of drug-likeness (QED) is 0.344. The minimum atomic E-state index is -0.329. The number of carbonyl (C=O) groups excluding carboxylic acids is 1. The molecule has 7 heteroatoms. The number of para-hydroxylation sites is 3. The molecular weight excluding hydrogens is 450 g/mol. The molecule has 0 aliphatic rings. The van der Waals surface area contributed by atoms with Crippen LogP contribution in [0.5, 0.6) is 11.5 Å². The standard InChI is InChI=1S/C27H28ClN3O3/c1-17-15-20(16-18(2)25(17)28)34-14-13-31-23-11-7-6-10-22(23)30-26(31)19(3)29-27(32)21-9-5-8-12-24(21)33-4/h5-12,15-16,19H,13-14H2,1-4H3,(H,29,32). The molecule has 4 aromatic rings. The molecule has 1 amide bonds. The minimum absolute atomic E-state index is 0.216. The molecule has 1 aromatic heterocycles. The zero-order valence-electron chi connectivity index (χ0n) is 19.8. The molecule has 34 heavy (non-hydrogen) atoms. The van der Waals surface area contributed by atoms with Crippen LogP contribution >= 0.6 is 11.6 Å². The lowest BCUT2D eigenvalue weighted by atomic mass is 10.1. The summed E-state index contributed by atoms with van der Waals surface area (Å²) in [5.74, 6) is 1.86. The number of nitrogens with zero attached hydrogens (tertiary/aromatic N) is 2. The maximum Gasteiger partial charge on any atom is 0.255 e. The number of amides is 1. The summed E-state index contributed by atoms with van der Waals surface area (Å²) in [5, 5.41) is 3.82. The van der Waals surface area contributed by atoms with Gasteiger partial charge in [0.05, 0.1) is 36.3 Å². The predicted octanol–water partition coefficient (Wildman–Crippen LogP) is 5.89. The minimum Gasteiger partial charge on any atom is -0.496 e. The van der Waals surface area contributed by atoms with Crippen molar-refractivity contribution in [3.63, 3.8) is 0 Å². The van der Waals surface area contributed by atoms with E-state index in [4.69, 9.17) is 26.1 Å². The molecule has 0 bridgehead atoms. The number of benzene rings is 3. The normalized spacial score (nSPS) is 11.9. The first-order chi connectivity index (χ1) is 16.4. The van der Waals surface area contributed by atoms with Gasteiger partial charge in [-0.3, -0.25) is 4.79 Å². The van der Waals surface area contributed by atoms with Crippen molar-refractivity contribution < 1.29 is 14.3 Å². The summed E-state index contributed by atoms with van der Waals surface area (Å²) >= 11 is 6.28. The van der Waals surface area contributed by atoms with Crippen molar-refractivity contribution in [1.29, 1.82) is 0 Å². The summed E-state index contributed by atoms with van der Waals surface area (Å²) in [6.07, 6.45) is 0. The summed E-state index contributed by atoms with van der Waals surface area (Å²) in [7, 11) is 1.55. The Labute approximate surface area is 204 Å². The van der Waals surface area contributed by atoms with Gasteiger partial charge in [-0.25, -0.2) is 4.98 Å². The van der Waals surface area contributed by atoms with Gasteiger partial charge < -0.3 is 19.4 Å². The number of aryl methyl sites for hydroxylation is 2. The van der Waals surface area contributed by atoms with E-state index < -0.39 is 0 Å². The molecule has 0 fully saturated rings.